The van der Waals surface area contributed by atoms with Gasteiger partial charge in [0.05, 0.1) is 17.7 Å². The molecular weight excluding hydrogens is 426 g/mol. The van der Waals surface area contributed by atoms with Crippen LogP contribution in [-0.2, 0) is 11.2 Å². The minimum atomic E-state index is 0.00744. The summed E-state index contributed by atoms with van der Waals surface area (Å²) in [4.78, 5) is 22.4. The summed E-state index contributed by atoms with van der Waals surface area (Å²) in [5.74, 6) is 2.16. The highest BCUT2D eigenvalue weighted by Crippen LogP contribution is 2.35. The number of thiazole rings is 1. The van der Waals surface area contributed by atoms with Crippen molar-refractivity contribution in [3.8, 4) is 17.2 Å². The molecule has 0 fully saturated rings. The Morgan fingerprint density at radius 2 is 1.91 bits per heavy atom. The largest absolute Gasteiger partial charge is 0.492 e. The number of ether oxygens (including phenoxy) is 3. The molecule has 2 aromatic carbocycles. The standard InChI is InChI=1S/C24H29N3O4S/c1-4-26(5-2)12-13-27(22(28)15-17-10-11-18-20(14-17)31-16-30-18)24-25-23-19(29-6-3)8-7-9-21(23)32-24/h7-11,14H,4-6,12-13,15-16H2,1-3H3. The predicted octanol–water partition coefficient (Wildman–Crippen LogP) is 4.34. The number of para-hydroxylation sites is 1. The van der Waals surface area contributed by atoms with E-state index in [1.807, 2.05) is 48.2 Å². The number of hydrogen-bond acceptors (Lipinski definition) is 7. The van der Waals surface area contributed by atoms with Gasteiger partial charge in [0.2, 0.25) is 12.7 Å². The lowest BCUT2D eigenvalue weighted by Gasteiger charge is -2.24. The van der Waals surface area contributed by atoms with E-state index in [2.05, 4.69) is 18.7 Å². The molecule has 8 heteroatoms. The Bertz CT molecular complexity index is 1080. The van der Waals surface area contributed by atoms with Crippen molar-refractivity contribution in [2.75, 3.05) is 44.5 Å². The summed E-state index contributed by atoms with van der Waals surface area (Å²) in [7, 11) is 0. The Morgan fingerprint density at radius 3 is 2.69 bits per heavy atom. The second kappa shape index (κ2) is 10.2. The van der Waals surface area contributed by atoms with Gasteiger partial charge < -0.3 is 19.1 Å². The molecule has 0 aliphatic carbocycles. The second-order valence-electron chi connectivity index (χ2n) is 7.47. The Balaban J connectivity index is 1.61. The van der Waals surface area contributed by atoms with E-state index < -0.39 is 0 Å². The third kappa shape index (κ3) is 4.81. The van der Waals surface area contributed by atoms with Crippen molar-refractivity contribution in [2.24, 2.45) is 0 Å². The fourth-order valence-corrected chi connectivity index (χ4v) is 4.75. The first kappa shape index (κ1) is 22.4. The van der Waals surface area contributed by atoms with Gasteiger partial charge in [0.15, 0.2) is 16.6 Å². The van der Waals surface area contributed by atoms with Crippen LogP contribution in [0.4, 0.5) is 5.13 Å². The molecule has 3 aromatic rings. The molecule has 7 nitrogen and oxygen atoms in total. The van der Waals surface area contributed by atoms with E-state index in [9.17, 15) is 4.79 Å². The molecule has 1 aliphatic rings. The highest BCUT2D eigenvalue weighted by molar-refractivity contribution is 7.22. The van der Waals surface area contributed by atoms with Gasteiger partial charge >= 0.3 is 0 Å². The third-order valence-electron chi connectivity index (χ3n) is 5.53. The van der Waals surface area contributed by atoms with Gasteiger partial charge in [-0.3, -0.25) is 9.69 Å². The van der Waals surface area contributed by atoms with Gasteiger partial charge in [-0.05, 0) is 49.8 Å². The number of carbonyl (C=O) groups excluding carboxylic acids is 1. The lowest BCUT2D eigenvalue weighted by molar-refractivity contribution is -0.118. The smallest absolute Gasteiger partial charge is 0.233 e. The number of benzene rings is 2. The van der Waals surface area contributed by atoms with Gasteiger partial charge in [-0.15, -0.1) is 0 Å². The lowest BCUT2D eigenvalue weighted by Crippen LogP contribution is -2.39. The highest BCUT2D eigenvalue weighted by atomic mass is 32.1. The molecule has 0 atom stereocenters. The summed E-state index contributed by atoms with van der Waals surface area (Å²) in [5.41, 5.74) is 1.70. The number of likely N-dealkylation sites (N-methyl/N-ethyl adjacent to an activating group) is 1. The van der Waals surface area contributed by atoms with Crippen LogP contribution in [0.25, 0.3) is 10.2 Å². The average molecular weight is 456 g/mol. The summed E-state index contributed by atoms with van der Waals surface area (Å²) in [5, 5.41) is 0.699. The number of carbonyl (C=O) groups is 1. The number of nitrogens with zero attached hydrogens (tertiary/aromatic N) is 3. The van der Waals surface area contributed by atoms with Crippen molar-refractivity contribution in [3.05, 3.63) is 42.0 Å². The predicted molar refractivity (Wildman–Crippen MR) is 127 cm³/mol. The topological polar surface area (TPSA) is 64.1 Å². The first-order valence-corrected chi connectivity index (χ1v) is 11.9. The minimum absolute atomic E-state index is 0.00744. The molecule has 4 rings (SSSR count). The van der Waals surface area contributed by atoms with Crippen molar-refractivity contribution in [1.82, 2.24) is 9.88 Å². The van der Waals surface area contributed by atoms with Crippen LogP contribution in [0.3, 0.4) is 0 Å². The molecule has 0 saturated carbocycles. The van der Waals surface area contributed by atoms with Gasteiger partial charge in [0.1, 0.15) is 11.3 Å². The maximum atomic E-state index is 13.5. The molecule has 1 amide bonds. The SMILES string of the molecule is CCOc1cccc2sc(N(CCN(CC)CC)C(=O)Cc3ccc4c(c3)OCO4)nc12. The van der Waals surface area contributed by atoms with Gasteiger partial charge in [0, 0.05) is 13.1 Å². The van der Waals surface area contributed by atoms with Crippen molar-refractivity contribution in [3.63, 3.8) is 0 Å². The van der Waals surface area contributed by atoms with Crippen molar-refractivity contribution in [1.29, 1.82) is 0 Å². The van der Waals surface area contributed by atoms with Crippen LogP contribution >= 0.6 is 11.3 Å². The van der Waals surface area contributed by atoms with E-state index in [4.69, 9.17) is 19.2 Å². The van der Waals surface area contributed by atoms with E-state index in [1.54, 1.807) is 0 Å². The number of anilines is 1. The minimum Gasteiger partial charge on any atom is -0.492 e. The van der Waals surface area contributed by atoms with Crippen LogP contribution < -0.4 is 19.1 Å². The molecular formula is C24H29N3O4S. The fraction of sp³-hybridized carbons (Fsp3) is 0.417. The number of rotatable bonds is 10. The summed E-state index contributed by atoms with van der Waals surface area (Å²) in [6.07, 6.45) is 0.267. The zero-order valence-corrected chi connectivity index (χ0v) is 19.6. The second-order valence-corrected chi connectivity index (χ2v) is 8.48. The lowest BCUT2D eigenvalue weighted by atomic mass is 10.1. The van der Waals surface area contributed by atoms with Crippen molar-refractivity contribution in [2.45, 2.75) is 27.2 Å². The van der Waals surface area contributed by atoms with Gasteiger partial charge in [-0.2, -0.15) is 0 Å². The van der Waals surface area contributed by atoms with Crippen LogP contribution in [0, 0.1) is 0 Å². The van der Waals surface area contributed by atoms with E-state index >= 15 is 0 Å². The number of aromatic nitrogens is 1. The van der Waals surface area contributed by atoms with Crippen molar-refractivity contribution < 1.29 is 19.0 Å². The van der Waals surface area contributed by atoms with E-state index in [0.29, 0.717) is 29.8 Å². The normalized spacial score (nSPS) is 12.5. The zero-order valence-electron chi connectivity index (χ0n) is 18.8. The third-order valence-corrected chi connectivity index (χ3v) is 6.57. The molecule has 0 radical (unpaired) electrons. The molecule has 1 aromatic heterocycles. The number of amides is 1. The maximum Gasteiger partial charge on any atom is 0.233 e. The molecule has 0 saturated heterocycles. The van der Waals surface area contributed by atoms with Crippen LogP contribution in [-0.4, -0.2) is 55.4 Å². The summed E-state index contributed by atoms with van der Waals surface area (Å²) in [6.45, 7) is 10.3. The molecule has 1 aliphatic heterocycles. The molecule has 0 N–H and O–H groups in total. The first-order chi connectivity index (χ1) is 15.6. The fourth-order valence-electron chi connectivity index (χ4n) is 3.73. The molecule has 2 heterocycles. The Morgan fingerprint density at radius 1 is 1.09 bits per heavy atom. The van der Waals surface area contributed by atoms with Crippen LogP contribution in [0.2, 0.25) is 0 Å². The van der Waals surface area contributed by atoms with Gasteiger partial charge in [-0.25, -0.2) is 4.98 Å². The Kier molecular flexibility index (Phi) is 7.12. The van der Waals surface area contributed by atoms with E-state index in [0.717, 1.165) is 41.2 Å². The van der Waals surface area contributed by atoms with E-state index in [-0.39, 0.29) is 19.1 Å². The van der Waals surface area contributed by atoms with Crippen LogP contribution in [0.1, 0.15) is 26.3 Å². The summed E-state index contributed by atoms with van der Waals surface area (Å²) < 4.78 is 17.6. The van der Waals surface area contributed by atoms with Gasteiger partial charge in [0.25, 0.3) is 0 Å². The number of fused-ring (bicyclic) bond motifs is 2. The van der Waals surface area contributed by atoms with Gasteiger partial charge in [-0.1, -0.05) is 37.3 Å². The maximum absolute atomic E-state index is 13.5. The molecule has 0 bridgehead atoms. The highest BCUT2D eigenvalue weighted by Gasteiger charge is 2.23. The first-order valence-electron chi connectivity index (χ1n) is 11.1. The average Bonchev–Trinajstić information content (AvgIpc) is 3.44. The molecule has 170 valence electrons. The Labute approximate surface area is 192 Å². The summed E-state index contributed by atoms with van der Waals surface area (Å²) >= 11 is 1.52. The molecule has 0 unspecified atom stereocenters. The van der Waals surface area contributed by atoms with Crippen LogP contribution in [0.15, 0.2) is 36.4 Å². The quantitative estimate of drug-likeness (QED) is 0.453. The Hall–Kier alpha value is -2.84. The molecule has 0 spiro atoms. The van der Waals surface area contributed by atoms with Crippen molar-refractivity contribution >= 4 is 32.6 Å². The van der Waals surface area contributed by atoms with Crippen LogP contribution in [0.5, 0.6) is 17.2 Å². The van der Waals surface area contributed by atoms with E-state index in [1.165, 1.54) is 11.3 Å². The summed E-state index contributed by atoms with van der Waals surface area (Å²) in [6, 6.07) is 11.6. The molecule has 32 heavy (non-hydrogen) atoms. The number of hydrogen-bond donors (Lipinski definition) is 0. The zero-order chi connectivity index (χ0) is 22.5. The monoisotopic (exact) mass is 455 g/mol.